The number of methoxy groups -OCH3 is 2. The first-order valence-electron chi connectivity index (χ1n) is 10.5. The van der Waals surface area contributed by atoms with E-state index in [9.17, 15) is 13.2 Å². The van der Waals surface area contributed by atoms with Gasteiger partial charge in [0.25, 0.3) is 0 Å². The summed E-state index contributed by atoms with van der Waals surface area (Å²) in [7, 11) is -0.378. The Labute approximate surface area is 194 Å². The molecule has 0 radical (unpaired) electrons. The molecule has 0 bridgehead atoms. The fraction of sp³-hybridized carbons (Fsp3) is 0.435. The molecule has 1 saturated heterocycles. The maximum Gasteiger partial charge on any atom is 0.243 e. The highest BCUT2D eigenvalue weighted by Crippen LogP contribution is 2.30. The zero-order valence-electron chi connectivity index (χ0n) is 18.8. The normalized spacial score (nSPS) is 16.4. The van der Waals surface area contributed by atoms with Gasteiger partial charge in [0.2, 0.25) is 15.9 Å². The first kappa shape index (κ1) is 24.4. The molecule has 9 heteroatoms. The van der Waals surface area contributed by atoms with Crippen LogP contribution in [0.3, 0.4) is 0 Å². The van der Waals surface area contributed by atoms with Gasteiger partial charge in [-0.15, -0.1) is 11.8 Å². The largest absolute Gasteiger partial charge is 0.497 e. The van der Waals surface area contributed by atoms with E-state index in [1.165, 1.54) is 4.31 Å². The Morgan fingerprint density at radius 1 is 1.09 bits per heavy atom. The number of carbonyl (C=O) groups excluding carboxylic acids is 1. The number of carbonyl (C=O) groups is 1. The van der Waals surface area contributed by atoms with Crippen LogP contribution < -0.4 is 14.8 Å². The minimum atomic E-state index is -3.56. The average Bonchev–Trinajstić information content (AvgIpc) is 2.83. The van der Waals surface area contributed by atoms with E-state index in [0.29, 0.717) is 37.4 Å². The van der Waals surface area contributed by atoms with Crippen LogP contribution in [0.25, 0.3) is 0 Å². The summed E-state index contributed by atoms with van der Waals surface area (Å²) in [5.74, 6) is 1.04. The third kappa shape index (κ3) is 5.39. The smallest absolute Gasteiger partial charge is 0.243 e. The van der Waals surface area contributed by atoms with Crippen LogP contribution in [0, 0.1) is 5.92 Å². The number of hydrogen-bond donors (Lipinski definition) is 1. The van der Waals surface area contributed by atoms with E-state index in [1.807, 2.05) is 43.5 Å². The predicted octanol–water partition coefficient (Wildman–Crippen LogP) is 3.70. The molecule has 0 saturated carbocycles. The quantitative estimate of drug-likeness (QED) is 0.583. The molecule has 1 aliphatic heterocycles. The first-order valence-corrected chi connectivity index (χ1v) is 13.1. The Kier molecular flexibility index (Phi) is 8.08. The van der Waals surface area contributed by atoms with Crippen LogP contribution in [0.15, 0.2) is 52.3 Å². The molecule has 1 heterocycles. The van der Waals surface area contributed by atoms with E-state index >= 15 is 0 Å². The van der Waals surface area contributed by atoms with Crippen molar-refractivity contribution in [3.8, 4) is 11.5 Å². The molecule has 0 aromatic heterocycles. The maximum absolute atomic E-state index is 12.9. The van der Waals surface area contributed by atoms with Crippen molar-refractivity contribution in [3.05, 3.63) is 48.0 Å². The Morgan fingerprint density at radius 2 is 1.75 bits per heavy atom. The Hall–Kier alpha value is -2.23. The minimum Gasteiger partial charge on any atom is -0.497 e. The van der Waals surface area contributed by atoms with E-state index in [0.717, 1.165) is 10.5 Å². The molecule has 1 N–H and O–H groups in total. The second-order valence-corrected chi connectivity index (χ2v) is 10.5. The van der Waals surface area contributed by atoms with E-state index in [-0.39, 0.29) is 22.8 Å². The predicted molar refractivity (Wildman–Crippen MR) is 126 cm³/mol. The Bertz CT molecular complexity index is 1030. The SMILES string of the molecule is COc1ccc(OC)c([C@@H](C)NC(=O)C2CCN(S(=O)(=O)c3ccc(SC)cc3)CC2)c1. The molecule has 3 rings (SSSR count). The molecule has 0 spiro atoms. The van der Waals surface area contributed by atoms with E-state index in [4.69, 9.17) is 9.47 Å². The molecule has 174 valence electrons. The van der Waals surface area contributed by atoms with Gasteiger partial charge in [-0.2, -0.15) is 4.31 Å². The van der Waals surface area contributed by atoms with Gasteiger partial charge in [0.05, 0.1) is 25.2 Å². The zero-order valence-corrected chi connectivity index (χ0v) is 20.5. The molecular weight excluding hydrogens is 448 g/mol. The van der Waals surface area contributed by atoms with Crippen molar-refractivity contribution in [1.29, 1.82) is 0 Å². The Balaban J connectivity index is 1.62. The summed E-state index contributed by atoms with van der Waals surface area (Å²) in [6.07, 6.45) is 2.91. The maximum atomic E-state index is 12.9. The first-order chi connectivity index (χ1) is 15.3. The summed E-state index contributed by atoms with van der Waals surface area (Å²) >= 11 is 1.57. The van der Waals surface area contributed by atoms with Gasteiger partial charge >= 0.3 is 0 Å². The number of benzene rings is 2. The van der Waals surface area contributed by atoms with Crippen molar-refractivity contribution in [2.45, 2.75) is 35.6 Å². The van der Waals surface area contributed by atoms with Gasteiger partial charge in [0, 0.05) is 29.5 Å². The molecule has 2 aromatic carbocycles. The number of nitrogens with zero attached hydrogens (tertiary/aromatic N) is 1. The van der Waals surface area contributed by atoms with Crippen LogP contribution in [0.4, 0.5) is 0 Å². The molecule has 1 amide bonds. The number of piperidine rings is 1. The highest BCUT2D eigenvalue weighted by atomic mass is 32.2. The fourth-order valence-electron chi connectivity index (χ4n) is 3.84. The van der Waals surface area contributed by atoms with Crippen LogP contribution in [-0.4, -0.2) is 52.2 Å². The molecule has 1 atom stereocenters. The molecule has 7 nitrogen and oxygen atoms in total. The molecule has 2 aromatic rings. The number of ether oxygens (including phenoxy) is 2. The third-order valence-electron chi connectivity index (χ3n) is 5.78. The summed E-state index contributed by atoms with van der Waals surface area (Å²) in [6.45, 7) is 2.54. The van der Waals surface area contributed by atoms with E-state index in [1.54, 1.807) is 38.1 Å². The topological polar surface area (TPSA) is 84.9 Å². The molecule has 0 unspecified atom stereocenters. The second-order valence-electron chi connectivity index (χ2n) is 7.69. The molecular formula is C23H30N2O5S2. The number of nitrogens with one attached hydrogen (secondary N) is 1. The summed E-state index contributed by atoms with van der Waals surface area (Å²) in [6, 6.07) is 12.1. The van der Waals surface area contributed by atoms with Gasteiger partial charge in [-0.05, 0) is 68.5 Å². The lowest BCUT2D eigenvalue weighted by atomic mass is 9.96. The second kappa shape index (κ2) is 10.6. The third-order valence-corrected chi connectivity index (χ3v) is 8.44. The van der Waals surface area contributed by atoms with Crippen LogP contribution >= 0.6 is 11.8 Å². The van der Waals surface area contributed by atoms with Gasteiger partial charge in [-0.1, -0.05) is 0 Å². The lowest BCUT2D eigenvalue weighted by molar-refractivity contribution is -0.126. The molecule has 32 heavy (non-hydrogen) atoms. The van der Waals surface area contributed by atoms with Crippen molar-refractivity contribution < 1.29 is 22.7 Å². The molecule has 1 aliphatic rings. The van der Waals surface area contributed by atoms with Crippen LogP contribution in [0.2, 0.25) is 0 Å². The standard InChI is InChI=1S/C23H30N2O5S2/c1-16(21-15-18(29-2)5-10-22(21)30-3)24-23(26)17-11-13-25(14-12-17)32(27,28)20-8-6-19(31-4)7-9-20/h5-10,15-17H,11-14H2,1-4H3,(H,24,26)/t16-/m1/s1. The Morgan fingerprint density at radius 3 is 2.31 bits per heavy atom. The van der Waals surface area contributed by atoms with Crippen molar-refractivity contribution >= 4 is 27.7 Å². The van der Waals surface area contributed by atoms with Crippen molar-refractivity contribution in [2.75, 3.05) is 33.6 Å². The van der Waals surface area contributed by atoms with Crippen LogP contribution in [-0.2, 0) is 14.8 Å². The van der Waals surface area contributed by atoms with Crippen molar-refractivity contribution in [2.24, 2.45) is 5.92 Å². The lowest BCUT2D eigenvalue weighted by Gasteiger charge is -2.31. The van der Waals surface area contributed by atoms with Gasteiger partial charge < -0.3 is 14.8 Å². The minimum absolute atomic E-state index is 0.0799. The number of sulfonamides is 1. The van der Waals surface area contributed by atoms with Crippen LogP contribution in [0.1, 0.15) is 31.4 Å². The van der Waals surface area contributed by atoms with Gasteiger partial charge in [0.1, 0.15) is 11.5 Å². The zero-order chi connectivity index (χ0) is 23.3. The van der Waals surface area contributed by atoms with Crippen molar-refractivity contribution in [3.63, 3.8) is 0 Å². The summed E-state index contributed by atoms with van der Waals surface area (Å²) in [5, 5.41) is 3.05. The van der Waals surface area contributed by atoms with Gasteiger partial charge in [-0.25, -0.2) is 8.42 Å². The molecule has 1 fully saturated rings. The highest BCUT2D eigenvalue weighted by molar-refractivity contribution is 7.98. The monoisotopic (exact) mass is 478 g/mol. The summed E-state index contributed by atoms with van der Waals surface area (Å²) in [5.41, 5.74) is 0.828. The number of thioether (sulfide) groups is 1. The van der Waals surface area contributed by atoms with Gasteiger partial charge in [-0.3, -0.25) is 4.79 Å². The van der Waals surface area contributed by atoms with E-state index in [2.05, 4.69) is 5.32 Å². The highest BCUT2D eigenvalue weighted by Gasteiger charge is 2.32. The lowest BCUT2D eigenvalue weighted by Crippen LogP contribution is -2.43. The fourth-order valence-corrected chi connectivity index (χ4v) is 5.72. The van der Waals surface area contributed by atoms with Gasteiger partial charge in [0.15, 0.2) is 0 Å². The summed E-state index contributed by atoms with van der Waals surface area (Å²) in [4.78, 5) is 14.2. The number of amides is 1. The molecule has 0 aliphatic carbocycles. The summed E-state index contributed by atoms with van der Waals surface area (Å²) < 4.78 is 38.1. The van der Waals surface area contributed by atoms with Crippen molar-refractivity contribution in [1.82, 2.24) is 9.62 Å². The van der Waals surface area contributed by atoms with E-state index < -0.39 is 10.0 Å². The van der Waals surface area contributed by atoms with Crippen LogP contribution in [0.5, 0.6) is 11.5 Å². The average molecular weight is 479 g/mol. The number of rotatable bonds is 8. The number of hydrogen-bond acceptors (Lipinski definition) is 6.